The van der Waals surface area contributed by atoms with Crippen LogP contribution in [0.4, 0.5) is 5.69 Å². The first kappa shape index (κ1) is 17.2. The molecule has 0 amide bonds. The average Bonchev–Trinajstić information content (AvgIpc) is 2.94. The highest BCUT2D eigenvalue weighted by Gasteiger charge is 2.40. The third-order valence-electron chi connectivity index (χ3n) is 6.21. The molecule has 1 aliphatic heterocycles. The summed E-state index contributed by atoms with van der Waals surface area (Å²) < 4.78 is 0. The molecule has 1 heterocycles. The van der Waals surface area contributed by atoms with Crippen LogP contribution in [-0.2, 0) is 0 Å². The molecule has 2 nitrogen and oxygen atoms in total. The van der Waals surface area contributed by atoms with Crippen molar-refractivity contribution in [1.82, 2.24) is 4.90 Å². The van der Waals surface area contributed by atoms with Gasteiger partial charge in [-0.15, -0.1) is 0 Å². The molecule has 0 bridgehead atoms. The highest BCUT2D eigenvalue weighted by Crippen LogP contribution is 2.44. The van der Waals surface area contributed by atoms with E-state index in [1.54, 1.807) is 0 Å². The van der Waals surface area contributed by atoms with E-state index in [0.29, 0.717) is 6.17 Å². The zero-order valence-corrected chi connectivity index (χ0v) is 16.3. The summed E-state index contributed by atoms with van der Waals surface area (Å²) in [4.78, 5) is 5.17. The molecular weight excluding hydrogens is 316 g/mol. The molecule has 26 heavy (non-hydrogen) atoms. The summed E-state index contributed by atoms with van der Waals surface area (Å²) in [5.74, 6) is 0.726. The molecule has 0 spiro atoms. The molecule has 0 N–H and O–H groups in total. The Bertz CT molecular complexity index is 787. The van der Waals surface area contributed by atoms with Crippen molar-refractivity contribution in [2.24, 2.45) is 5.92 Å². The Labute approximate surface area is 158 Å². The maximum atomic E-state index is 2.62. The smallest absolute Gasteiger partial charge is 0.109 e. The SMILES string of the molecule is CC1=C(c2ccccc2)N(C)C(C2CCCCC2)N1c1ccccc1C. The van der Waals surface area contributed by atoms with E-state index in [9.17, 15) is 0 Å². The molecule has 0 saturated heterocycles. The Hall–Kier alpha value is -2.22. The molecule has 1 saturated carbocycles. The van der Waals surface area contributed by atoms with E-state index in [0.717, 1.165) is 5.92 Å². The van der Waals surface area contributed by atoms with E-state index in [1.165, 1.54) is 60.3 Å². The van der Waals surface area contributed by atoms with Gasteiger partial charge in [-0.05, 0) is 49.8 Å². The number of nitrogens with zero attached hydrogens (tertiary/aromatic N) is 2. The normalized spacial score (nSPS) is 21.6. The predicted octanol–water partition coefficient (Wildman–Crippen LogP) is 6.04. The monoisotopic (exact) mass is 346 g/mol. The lowest BCUT2D eigenvalue weighted by molar-refractivity contribution is 0.210. The van der Waals surface area contributed by atoms with Gasteiger partial charge in [0.05, 0.1) is 5.70 Å². The molecule has 1 aliphatic carbocycles. The molecule has 0 aromatic heterocycles. The van der Waals surface area contributed by atoms with Gasteiger partial charge >= 0.3 is 0 Å². The summed E-state index contributed by atoms with van der Waals surface area (Å²) >= 11 is 0. The Morgan fingerprint density at radius 2 is 1.46 bits per heavy atom. The van der Waals surface area contributed by atoms with Crippen LogP contribution >= 0.6 is 0 Å². The van der Waals surface area contributed by atoms with E-state index in [1.807, 2.05) is 0 Å². The Morgan fingerprint density at radius 3 is 2.15 bits per heavy atom. The van der Waals surface area contributed by atoms with Crippen LogP contribution in [0, 0.1) is 12.8 Å². The van der Waals surface area contributed by atoms with Gasteiger partial charge in [0.1, 0.15) is 6.17 Å². The van der Waals surface area contributed by atoms with Crippen molar-refractivity contribution in [3.63, 3.8) is 0 Å². The molecule has 2 aromatic carbocycles. The first-order valence-electron chi connectivity index (χ1n) is 10.0. The molecule has 1 atom stereocenters. The van der Waals surface area contributed by atoms with Crippen LogP contribution in [0.5, 0.6) is 0 Å². The number of anilines is 1. The fraction of sp³-hybridized carbons (Fsp3) is 0.417. The molecule has 2 heteroatoms. The van der Waals surface area contributed by atoms with E-state index < -0.39 is 0 Å². The summed E-state index contributed by atoms with van der Waals surface area (Å²) in [5, 5.41) is 0. The standard InChI is InChI=1S/C24H30N2/c1-18-12-10-11-17-22(18)26-19(2)23(20-13-6-4-7-14-20)25(3)24(26)21-15-8-5-9-16-21/h4,6-7,10-14,17,21,24H,5,8-9,15-16H2,1-3H3. The van der Waals surface area contributed by atoms with Crippen molar-refractivity contribution in [3.8, 4) is 0 Å². The summed E-state index contributed by atoms with van der Waals surface area (Å²) in [6.45, 7) is 4.54. The number of allylic oxidation sites excluding steroid dienone is 1. The van der Waals surface area contributed by atoms with Crippen molar-refractivity contribution in [2.75, 3.05) is 11.9 Å². The first-order chi connectivity index (χ1) is 12.7. The maximum Gasteiger partial charge on any atom is 0.109 e. The summed E-state index contributed by atoms with van der Waals surface area (Å²) in [7, 11) is 2.30. The number of rotatable bonds is 3. The third kappa shape index (κ3) is 2.92. The van der Waals surface area contributed by atoms with Gasteiger partial charge in [0.2, 0.25) is 0 Å². The van der Waals surface area contributed by atoms with E-state index >= 15 is 0 Å². The maximum absolute atomic E-state index is 2.62. The van der Waals surface area contributed by atoms with Crippen LogP contribution in [0.25, 0.3) is 5.70 Å². The van der Waals surface area contributed by atoms with Gasteiger partial charge < -0.3 is 9.80 Å². The second-order valence-corrected chi connectivity index (χ2v) is 7.88. The third-order valence-corrected chi connectivity index (χ3v) is 6.21. The topological polar surface area (TPSA) is 6.48 Å². The molecule has 0 radical (unpaired) electrons. The fourth-order valence-electron chi connectivity index (χ4n) is 5.00. The lowest BCUT2D eigenvalue weighted by Gasteiger charge is -2.40. The molecular formula is C24H30N2. The highest BCUT2D eigenvalue weighted by atomic mass is 15.4. The van der Waals surface area contributed by atoms with Gasteiger partial charge in [0, 0.05) is 18.4 Å². The zero-order chi connectivity index (χ0) is 18.1. The Balaban J connectivity index is 1.82. The number of benzene rings is 2. The fourth-order valence-corrected chi connectivity index (χ4v) is 5.00. The van der Waals surface area contributed by atoms with Crippen molar-refractivity contribution >= 4 is 11.4 Å². The van der Waals surface area contributed by atoms with E-state index in [2.05, 4.69) is 85.3 Å². The van der Waals surface area contributed by atoms with Crippen molar-refractivity contribution < 1.29 is 0 Å². The summed E-state index contributed by atoms with van der Waals surface area (Å²) in [5.41, 5.74) is 6.80. The molecule has 4 rings (SSSR count). The molecule has 1 fully saturated rings. The molecule has 2 aromatic rings. The molecule has 1 unspecified atom stereocenters. The Morgan fingerprint density at radius 1 is 0.808 bits per heavy atom. The second-order valence-electron chi connectivity index (χ2n) is 7.88. The van der Waals surface area contributed by atoms with Crippen molar-refractivity contribution in [1.29, 1.82) is 0 Å². The van der Waals surface area contributed by atoms with Crippen molar-refractivity contribution in [3.05, 3.63) is 71.4 Å². The van der Waals surface area contributed by atoms with Crippen LogP contribution in [0.3, 0.4) is 0 Å². The summed E-state index contributed by atoms with van der Waals surface area (Å²) in [6, 6.07) is 19.7. The highest BCUT2D eigenvalue weighted by molar-refractivity contribution is 5.76. The van der Waals surface area contributed by atoms with Gasteiger partial charge in [-0.25, -0.2) is 0 Å². The minimum absolute atomic E-state index is 0.423. The zero-order valence-electron chi connectivity index (χ0n) is 16.3. The second kappa shape index (κ2) is 7.19. The van der Waals surface area contributed by atoms with Crippen LogP contribution in [0.2, 0.25) is 0 Å². The average molecular weight is 347 g/mol. The molecule has 2 aliphatic rings. The van der Waals surface area contributed by atoms with Crippen LogP contribution in [-0.4, -0.2) is 18.1 Å². The number of aryl methyl sites for hydroxylation is 1. The summed E-state index contributed by atoms with van der Waals surface area (Å²) in [6.07, 6.45) is 7.24. The quantitative estimate of drug-likeness (QED) is 0.668. The van der Waals surface area contributed by atoms with Gasteiger partial charge in [-0.3, -0.25) is 0 Å². The molecule has 136 valence electrons. The number of para-hydroxylation sites is 1. The Kier molecular flexibility index (Phi) is 4.76. The van der Waals surface area contributed by atoms with Gasteiger partial charge in [-0.1, -0.05) is 67.8 Å². The van der Waals surface area contributed by atoms with Crippen LogP contribution in [0.1, 0.15) is 50.2 Å². The largest absolute Gasteiger partial charge is 0.352 e. The lowest BCUT2D eigenvalue weighted by atomic mass is 9.86. The van der Waals surface area contributed by atoms with E-state index in [4.69, 9.17) is 0 Å². The first-order valence-corrected chi connectivity index (χ1v) is 10.0. The van der Waals surface area contributed by atoms with Crippen LogP contribution < -0.4 is 4.90 Å². The number of hydrogen-bond donors (Lipinski definition) is 0. The van der Waals surface area contributed by atoms with Crippen LogP contribution in [0.15, 0.2) is 60.3 Å². The minimum atomic E-state index is 0.423. The van der Waals surface area contributed by atoms with E-state index in [-0.39, 0.29) is 0 Å². The number of hydrogen-bond acceptors (Lipinski definition) is 2. The minimum Gasteiger partial charge on any atom is -0.352 e. The lowest BCUT2D eigenvalue weighted by Crippen LogP contribution is -2.45. The van der Waals surface area contributed by atoms with Gasteiger partial charge in [-0.2, -0.15) is 0 Å². The van der Waals surface area contributed by atoms with Crippen molar-refractivity contribution in [2.45, 2.75) is 52.1 Å². The predicted molar refractivity (Wildman–Crippen MR) is 111 cm³/mol. The van der Waals surface area contributed by atoms with Gasteiger partial charge in [0.15, 0.2) is 0 Å². The van der Waals surface area contributed by atoms with Gasteiger partial charge in [0.25, 0.3) is 0 Å².